The van der Waals surface area contributed by atoms with Crippen LogP contribution in [0.3, 0.4) is 0 Å². The third-order valence-corrected chi connectivity index (χ3v) is 3.83. The van der Waals surface area contributed by atoms with Gasteiger partial charge in [0.05, 0.1) is 0 Å². The number of hydrogen-bond donors (Lipinski definition) is 1. The van der Waals surface area contributed by atoms with Gasteiger partial charge in [-0.2, -0.15) is 0 Å². The molecule has 0 radical (unpaired) electrons. The van der Waals surface area contributed by atoms with Crippen LogP contribution in [0.15, 0.2) is 40.8 Å². The van der Waals surface area contributed by atoms with Crippen molar-refractivity contribution in [3.63, 3.8) is 0 Å². The standard InChI is InChI=1S/C19H19N3O2/c1-11-5-6-15(9-12(11)2)16-7-8-17(24-16)18(23)22-19-20-13(3)10-14(4)21-19/h5-10H,1-4H3,(H,20,21,22,23). The van der Waals surface area contributed by atoms with Crippen LogP contribution in [-0.4, -0.2) is 15.9 Å². The Morgan fingerprint density at radius 1 is 0.917 bits per heavy atom. The SMILES string of the molecule is Cc1cc(C)nc(NC(=O)c2ccc(-c3ccc(C)c(C)c3)o2)n1. The van der Waals surface area contributed by atoms with Gasteiger partial charge in [-0.25, -0.2) is 9.97 Å². The molecule has 3 rings (SSSR count). The smallest absolute Gasteiger partial charge is 0.293 e. The van der Waals surface area contributed by atoms with Crippen LogP contribution in [0.25, 0.3) is 11.3 Å². The first-order chi connectivity index (χ1) is 11.4. The molecular formula is C19H19N3O2. The summed E-state index contributed by atoms with van der Waals surface area (Å²) in [6.45, 7) is 7.82. The fraction of sp³-hybridized carbons (Fsp3) is 0.211. The summed E-state index contributed by atoms with van der Waals surface area (Å²) >= 11 is 0. The van der Waals surface area contributed by atoms with E-state index < -0.39 is 0 Å². The molecule has 0 aliphatic carbocycles. The maximum absolute atomic E-state index is 12.3. The number of hydrogen-bond acceptors (Lipinski definition) is 4. The van der Waals surface area contributed by atoms with Crippen molar-refractivity contribution in [2.45, 2.75) is 27.7 Å². The van der Waals surface area contributed by atoms with Crippen molar-refractivity contribution in [2.75, 3.05) is 5.32 Å². The molecule has 24 heavy (non-hydrogen) atoms. The van der Waals surface area contributed by atoms with Crippen molar-refractivity contribution in [1.82, 2.24) is 9.97 Å². The van der Waals surface area contributed by atoms with Crippen LogP contribution >= 0.6 is 0 Å². The molecule has 0 bridgehead atoms. The summed E-state index contributed by atoms with van der Waals surface area (Å²) < 4.78 is 5.69. The molecule has 0 fully saturated rings. The van der Waals surface area contributed by atoms with Gasteiger partial charge in [-0.05, 0) is 63.1 Å². The Balaban J connectivity index is 1.81. The third kappa shape index (κ3) is 3.35. The number of carbonyl (C=O) groups excluding carboxylic acids is 1. The number of anilines is 1. The van der Waals surface area contributed by atoms with Crippen molar-refractivity contribution in [3.8, 4) is 11.3 Å². The fourth-order valence-corrected chi connectivity index (χ4v) is 2.45. The molecule has 0 saturated heterocycles. The second kappa shape index (κ2) is 6.28. The first-order valence-corrected chi connectivity index (χ1v) is 7.73. The minimum absolute atomic E-state index is 0.228. The number of nitrogens with zero attached hydrogens (tertiary/aromatic N) is 2. The van der Waals surface area contributed by atoms with E-state index in [1.165, 1.54) is 11.1 Å². The summed E-state index contributed by atoms with van der Waals surface area (Å²) in [7, 11) is 0. The average molecular weight is 321 g/mol. The highest BCUT2D eigenvalue weighted by Gasteiger charge is 2.14. The molecule has 1 amide bonds. The van der Waals surface area contributed by atoms with Crippen LogP contribution < -0.4 is 5.32 Å². The Bertz CT molecular complexity index is 892. The Kier molecular flexibility index (Phi) is 4.16. The molecule has 5 nitrogen and oxygen atoms in total. The number of furan rings is 1. The maximum atomic E-state index is 12.3. The number of amides is 1. The number of carbonyl (C=O) groups is 1. The molecule has 0 aliphatic heterocycles. The van der Waals surface area contributed by atoms with E-state index in [-0.39, 0.29) is 17.6 Å². The molecule has 122 valence electrons. The monoisotopic (exact) mass is 321 g/mol. The molecule has 0 spiro atoms. The van der Waals surface area contributed by atoms with Crippen molar-refractivity contribution in [3.05, 3.63) is 64.7 Å². The van der Waals surface area contributed by atoms with E-state index in [4.69, 9.17) is 4.42 Å². The predicted octanol–water partition coefficient (Wildman–Crippen LogP) is 4.22. The minimum Gasteiger partial charge on any atom is -0.451 e. The van der Waals surface area contributed by atoms with Crippen LogP contribution in [0, 0.1) is 27.7 Å². The Labute approximate surface area is 140 Å². The van der Waals surface area contributed by atoms with Gasteiger partial charge in [0.15, 0.2) is 5.76 Å². The molecule has 2 aromatic heterocycles. The number of rotatable bonds is 3. The first-order valence-electron chi connectivity index (χ1n) is 7.73. The quantitative estimate of drug-likeness (QED) is 0.784. The predicted molar refractivity (Wildman–Crippen MR) is 93.1 cm³/mol. The molecule has 0 unspecified atom stereocenters. The highest BCUT2D eigenvalue weighted by atomic mass is 16.3. The normalized spacial score (nSPS) is 10.7. The van der Waals surface area contributed by atoms with Gasteiger partial charge in [0.25, 0.3) is 5.91 Å². The minimum atomic E-state index is -0.366. The zero-order valence-corrected chi connectivity index (χ0v) is 14.2. The summed E-state index contributed by atoms with van der Waals surface area (Å²) in [5.74, 6) is 0.798. The summed E-state index contributed by atoms with van der Waals surface area (Å²) in [6.07, 6.45) is 0. The van der Waals surface area contributed by atoms with Crippen LogP contribution in [0.5, 0.6) is 0 Å². The lowest BCUT2D eigenvalue weighted by Gasteiger charge is -2.04. The zero-order chi connectivity index (χ0) is 17.3. The van der Waals surface area contributed by atoms with Gasteiger partial charge >= 0.3 is 0 Å². The van der Waals surface area contributed by atoms with E-state index in [1.807, 2.05) is 45.0 Å². The van der Waals surface area contributed by atoms with Crippen LogP contribution in [0.4, 0.5) is 5.95 Å². The van der Waals surface area contributed by atoms with Gasteiger partial charge < -0.3 is 4.42 Å². The largest absolute Gasteiger partial charge is 0.451 e. The van der Waals surface area contributed by atoms with Gasteiger partial charge in [0.1, 0.15) is 5.76 Å². The molecule has 5 heteroatoms. The Morgan fingerprint density at radius 2 is 1.62 bits per heavy atom. The van der Waals surface area contributed by atoms with Crippen molar-refractivity contribution in [2.24, 2.45) is 0 Å². The lowest BCUT2D eigenvalue weighted by molar-refractivity contribution is 0.0996. The van der Waals surface area contributed by atoms with Gasteiger partial charge in [-0.3, -0.25) is 10.1 Å². The third-order valence-electron chi connectivity index (χ3n) is 3.83. The van der Waals surface area contributed by atoms with E-state index in [0.717, 1.165) is 17.0 Å². The van der Waals surface area contributed by atoms with E-state index in [2.05, 4.69) is 22.2 Å². The lowest BCUT2D eigenvalue weighted by atomic mass is 10.1. The molecule has 0 saturated carbocycles. The van der Waals surface area contributed by atoms with Gasteiger partial charge in [0, 0.05) is 17.0 Å². The molecular weight excluding hydrogens is 302 g/mol. The van der Waals surface area contributed by atoms with Gasteiger partial charge in [-0.15, -0.1) is 0 Å². The molecule has 2 heterocycles. The lowest BCUT2D eigenvalue weighted by Crippen LogP contribution is -2.14. The highest BCUT2D eigenvalue weighted by Crippen LogP contribution is 2.24. The summed E-state index contributed by atoms with van der Waals surface area (Å²) in [5.41, 5.74) is 4.94. The molecule has 0 aliphatic rings. The summed E-state index contributed by atoms with van der Waals surface area (Å²) in [4.78, 5) is 20.7. The van der Waals surface area contributed by atoms with Crippen molar-refractivity contribution < 1.29 is 9.21 Å². The zero-order valence-electron chi connectivity index (χ0n) is 14.2. The van der Waals surface area contributed by atoms with E-state index >= 15 is 0 Å². The molecule has 3 aromatic rings. The number of aromatic nitrogens is 2. The van der Waals surface area contributed by atoms with E-state index in [9.17, 15) is 4.79 Å². The van der Waals surface area contributed by atoms with Crippen molar-refractivity contribution >= 4 is 11.9 Å². The van der Waals surface area contributed by atoms with E-state index in [1.54, 1.807) is 12.1 Å². The van der Waals surface area contributed by atoms with Crippen LogP contribution in [0.1, 0.15) is 33.1 Å². The first kappa shape index (κ1) is 15.9. The molecule has 1 aromatic carbocycles. The Morgan fingerprint density at radius 3 is 2.29 bits per heavy atom. The number of aryl methyl sites for hydroxylation is 4. The fourth-order valence-electron chi connectivity index (χ4n) is 2.45. The van der Waals surface area contributed by atoms with Gasteiger partial charge in [-0.1, -0.05) is 12.1 Å². The second-order valence-electron chi connectivity index (χ2n) is 5.89. The number of benzene rings is 1. The van der Waals surface area contributed by atoms with Crippen molar-refractivity contribution in [1.29, 1.82) is 0 Å². The van der Waals surface area contributed by atoms with Gasteiger partial charge in [0.2, 0.25) is 5.95 Å². The Hall–Kier alpha value is -2.95. The average Bonchev–Trinajstić information content (AvgIpc) is 2.99. The number of nitrogens with one attached hydrogen (secondary N) is 1. The highest BCUT2D eigenvalue weighted by molar-refractivity contribution is 6.01. The molecule has 1 N–H and O–H groups in total. The van der Waals surface area contributed by atoms with E-state index in [0.29, 0.717) is 5.76 Å². The van der Waals surface area contributed by atoms with Crippen LogP contribution in [-0.2, 0) is 0 Å². The maximum Gasteiger partial charge on any atom is 0.293 e. The second-order valence-corrected chi connectivity index (χ2v) is 5.89. The van der Waals surface area contributed by atoms with Crippen LogP contribution in [0.2, 0.25) is 0 Å². The topological polar surface area (TPSA) is 68.0 Å². The summed E-state index contributed by atoms with van der Waals surface area (Å²) in [5, 5.41) is 2.67. The molecule has 0 atom stereocenters. The summed E-state index contributed by atoms with van der Waals surface area (Å²) in [6, 6.07) is 11.4.